The SMILES string of the molecule is COc1ccc(NC(=O)C(=O)N(CCN(C)C)C2CCS(=O)(=O)C2)cc1OC. The van der Waals surface area contributed by atoms with Crippen LogP contribution in [-0.4, -0.2) is 89.0 Å². The van der Waals surface area contributed by atoms with Crippen molar-refractivity contribution in [1.29, 1.82) is 0 Å². The van der Waals surface area contributed by atoms with E-state index in [1.54, 1.807) is 18.2 Å². The number of methoxy groups -OCH3 is 2. The standard InChI is InChI=1S/C18H27N3O6S/c1-20(2)8-9-21(14-7-10-28(24,25)12-14)18(23)17(22)19-13-5-6-15(26-3)16(11-13)27-4/h5-6,11,14H,7-10,12H2,1-4H3,(H,19,22). The van der Waals surface area contributed by atoms with E-state index in [2.05, 4.69) is 5.32 Å². The topological polar surface area (TPSA) is 105 Å². The zero-order valence-electron chi connectivity index (χ0n) is 16.6. The minimum Gasteiger partial charge on any atom is -0.493 e. The van der Waals surface area contributed by atoms with E-state index in [1.165, 1.54) is 19.1 Å². The lowest BCUT2D eigenvalue weighted by molar-refractivity contribution is -0.144. The number of likely N-dealkylation sites (N-methyl/N-ethyl adjacent to an activating group) is 1. The Bertz CT molecular complexity index is 825. The van der Waals surface area contributed by atoms with Crippen LogP contribution in [0.15, 0.2) is 18.2 Å². The van der Waals surface area contributed by atoms with Gasteiger partial charge >= 0.3 is 11.8 Å². The second-order valence-corrected chi connectivity index (χ2v) is 9.11. The van der Waals surface area contributed by atoms with Crippen molar-refractivity contribution < 1.29 is 27.5 Å². The molecule has 9 nitrogen and oxygen atoms in total. The average Bonchev–Trinajstić information content (AvgIpc) is 3.00. The molecule has 0 aliphatic carbocycles. The maximum atomic E-state index is 12.8. The number of anilines is 1. The number of hydrogen-bond acceptors (Lipinski definition) is 7. The van der Waals surface area contributed by atoms with Crippen molar-refractivity contribution in [2.75, 3.05) is 58.2 Å². The molecule has 0 spiro atoms. The fraction of sp³-hybridized carbons (Fsp3) is 0.556. The normalized spacial score (nSPS) is 18.0. The smallest absolute Gasteiger partial charge is 0.313 e. The summed E-state index contributed by atoms with van der Waals surface area (Å²) in [4.78, 5) is 28.5. The summed E-state index contributed by atoms with van der Waals surface area (Å²) >= 11 is 0. The Balaban J connectivity index is 2.15. The van der Waals surface area contributed by atoms with Crippen molar-refractivity contribution >= 4 is 27.3 Å². The largest absolute Gasteiger partial charge is 0.493 e. The first kappa shape index (κ1) is 22.0. The van der Waals surface area contributed by atoms with E-state index in [9.17, 15) is 18.0 Å². The number of nitrogens with one attached hydrogen (secondary N) is 1. The van der Waals surface area contributed by atoms with Gasteiger partial charge in [0.2, 0.25) is 0 Å². The highest BCUT2D eigenvalue weighted by molar-refractivity contribution is 7.91. The summed E-state index contributed by atoms with van der Waals surface area (Å²) in [7, 11) is 3.47. The molecule has 1 N–H and O–H groups in total. The van der Waals surface area contributed by atoms with Gasteiger partial charge in [-0.3, -0.25) is 9.59 Å². The van der Waals surface area contributed by atoms with Gasteiger partial charge < -0.3 is 24.6 Å². The lowest BCUT2D eigenvalue weighted by Crippen LogP contribution is -2.48. The Morgan fingerprint density at radius 1 is 1.14 bits per heavy atom. The Morgan fingerprint density at radius 2 is 1.82 bits per heavy atom. The lowest BCUT2D eigenvalue weighted by atomic mass is 10.2. The van der Waals surface area contributed by atoms with E-state index in [0.29, 0.717) is 30.2 Å². The van der Waals surface area contributed by atoms with Crippen LogP contribution in [0.25, 0.3) is 0 Å². The first-order chi connectivity index (χ1) is 13.2. The molecule has 1 aliphatic rings. The van der Waals surface area contributed by atoms with E-state index in [4.69, 9.17) is 9.47 Å². The van der Waals surface area contributed by atoms with Crippen LogP contribution in [0.2, 0.25) is 0 Å². The van der Waals surface area contributed by atoms with Crippen molar-refractivity contribution in [2.45, 2.75) is 12.5 Å². The molecule has 1 unspecified atom stereocenters. The number of hydrogen-bond donors (Lipinski definition) is 1. The van der Waals surface area contributed by atoms with Gasteiger partial charge in [-0.2, -0.15) is 0 Å². The Hall–Kier alpha value is -2.33. The van der Waals surface area contributed by atoms with Crippen LogP contribution in [0.4, 0.5) is 5.69 Å². The summed E-state index contributed by atoms with van der Waals surface area (Å²) < 4.78 is 34.0. The molecule has 10 heteroatoms. The molecule has 0 aromatic heterocycles. The highest BCUT2D eigenvalue weighted by Gasteiger charge is 2.36. The van der Waals surface area contributed by atoms with Crippen LogP contribution < -0.4 is 14.8 Å². The Labute approximate surface area is 165 Å². The molecule has 28 heavy (non-hydrogen) atoms. The summed E-state index contributed by atoms with van der Waals surface area (Å²) in [5.41, 5.74) is 0.377. The summed E-state index contributed by atoms with van der Waals surface area (Å²) in [6, 6.07) is 4.27. The van der Waals surface area contributed by atoms with Crippen molar-refractivity contribution in [1.82, 2.24) is 9.80 Å². The van der Waals surface area contributed by atoms with Crippen molar-refractivity contribution in [3.05, 3.63) is 18.2 Å². The third-order valence-electron chi connectivity index (χ3n) is 4.53. The van der Waals surface area contributed by atoms with Gasteiger partial charge in [0.15, 0.2) is 21.3 Å². The van der Waals surface area contributed by atoms with E-state index in [-0.39, 0.29) is 18.1 Å². The average molecular weight is 413 g/mol. The number of amides is 2. The van der Waals surface area contributed by atoms with Gasteiger partial charge in [-0.1, -0.05) is 0 Å². The molecule has 0 radical (unpaired) electrons. The number of carbonyl (C=O) groups excluding carboxylic acids is 2. The number of sulfone groups is 1. The van der Waals surface area contributed by atoms with E-state index >= 15 is 0 Å². The predicted octanol–water partition coefficient (Wildman–Crippen LogP) is 0.220. The van der Waals surface area contributed by atoms with Gasteiger partial charge in [0, 0.05) is 30.9 Å². The van der Waals surface area contributed by atoms with Gasteiger partial charge in [0.1, 0.15) is 0 Å². The Morgan fingerprint density at radius 3 is 2.36 bits per heavy atom. The molecule has 156 valence electrons. The van der Waals surface area contributed by atoms with Crippen LogP contribution in [-0.2, 0) is 19.4 Å². The minimum absolute atomic E-state index is 0.0285. The van der Waals surface area contributed by atoms with Gasteiger partial charge in [-0.25, -0.2) is 8.42 Å². The van der Waals surface area contributed by atoms with Crippen molar-refractivity contribution in [2.24, 2.45) is 0 Å². The second kappa shape index (κ2) is 9.24. The number of nitrogens with zero attached hydrogens (tertiary/aromatic N) is 2. The highest BCUT2D eigenvalue weighted by atomic mass is 32.2. The lowest BCUT2D eigenvalue weighted by Gasteiger charge is -2.28. The van der Waals surface area contributed by atoms with E-state index in [0.717, 1.165) is 0 Å². The van der Waals surface area contributed by atoms with Gasteiger partial charge in [0.05, 0.1) is 25.7 Å². The third kappa shape index (κ3) is 5.59. The molecule has 1 saturated heterocycles. The molecule has 1 aromatic carbocycles. The van der Waals surface area contributed by atoms with Crippen molar-refractivity contribution in [3.63, 3.8) is 0 Å². The van der Waals surface area contributed by atoms with Crippen LogP contribution in [0, 0.1) is 0 Å². The molecule has 1 fully saturated rings. The summed E-state index contributed by atoms with van der Waals surface area (Å²) in [6.45, 7) is 0.789. The molecule has 1 aliphatic heterocycles. The minimum atomic E-state index is -3.18. The number of benzene rings is 1. The second-order valence-electron chi connectivity index (χ2n) is 6.88. The molecule has 2 rings (SSSR count). The molecule has 2 amide bonds. The molecule has 0 saturated carbocycles. The van der Waals surface area contributed by atoms with Crippen LogP contribution in [0.1, 0.15) is 6.42 Å². The van der Waals surface area contributed by atoms with Crippen molar-refractivity contribution in [3.8, 4) is 11.5 Å². The van der Waals surface area contributed by atoms with Gasteiger partial charge in [-0.05, 0) is 32.6 Å². The van der Waals surface area contributed by atoms with Gasteiger partial charge in [0.25, 0.3) is 0 Å². The summed E-state index contributed by atoms with van der Waals surface area (Å²) in [5, 5.41) is 2.55. The number of carbonyl (C=O) groups is 2. The number of ether oxygens (including phenoxy) is 2. The quantitative estimate of drug-likeness (QED) is 0.638. The predicted molar refractivity (Wildman–Crippen MR) is 106 cm³/mol. The molecule has 1 aromatic rings. The Kier molecular flexibility index (Phi) is 7.25. The van der Waals surface area contributed by atoms with Crippen LogP contribution in [0.5, 0.6) is 11.5 Å². The summed E-state index contributed by atoms with van der Waals surface area (Å²) in [5.74, 6) is -0.750. The van der Waals surface area contributed by atoms with Gasteiger partial charge in [-0.15, -0.1) is 0 Å². The number of rotatable bonds is 7. The van der Waals surface area contributed by atoms with Crippen LogP contribution >= 0.6 is 0 Å². The molecular formula is C18H27N3O6S. The zero-order valence-corrected chi connectivity index (χ0v) is 17.4. The first-order valence-corrected chi connectivity index (χ1v) is 10.7. The zero-order chi connectivity index (χ0) is 20.9. The fourth-order valence-electron chi connectivity index (χ4n) is 3.01. The van der Waals surface area contributed by atoms with E-state index in [1.807, 2.05) is 19.0 Å². The maximum absolute atomic E-state index is 12.8. The maximum Gasteiger partial charge on any atom is 0.313 e. The van der Waals surface area contributed by atoms with E-state index < -0.39 is 27.7 Å². The van der Waals surface area contributed by atoms with Crippen LogP contribution in [0.3, 0.4) is 0 Å². The third-order valence-corrected chi connectivity index (χ3v) is 6.28. The summed E-state index contributed by atoms with van der Waals surface area (Å²) in [6.07, 6.45) is 0.338. The molecular weight excluding hydrogens is 386 g/mol. The fourth-order valence-corrected chi connectivity index (χ4v) is 4.74. The molecule has 1 atom stereocenters. The molecule has 0 bridgehead atoms. The monoisotopic (exact) mass is 413 g/mol. The molecule has 1 heterocycles. The first-order valence-electron chi connectivity index (χ1n) is 8.86. The highest BCUT2D eigenvalue weighted by Crippen LogP contribution is 2.29.